The molecule has 0 radical (unpaired) electrons. The fourth-order valence-corrected chi connectivity index (χ4v) is 4.85. The average Bonchev–Trinajstić information content (AvgIpc) is 3.48. The number of thiophene rings is 1. The molecule has 0 aliphatic heterocycles. The molecule has 32 heavy (non-hydrogen) atoms. The van der Waals surface area contributed by atoms with E-state index >= 15 is 0 Å². The summed E-state index contributed by atoms with van der Waals surface area (Å²) in [6.45, 7) is 0. The second kappa shape index (κ2) is 8.70. The van der Waals surface area contributed by atoms with Crippen molar-refractivity contribution in [3.05, 3.63) is 103 Å². The van der Waals surface area contributed by atoms with Gasteiger partial charge in [0, 0.05) is 22.8 Å². The first-order chi connectivity index (χ1) is 15.3. The molecule has 4 nitrogen and oxygen atoms in total. The van der Waals surface area contributed by atoms with E-state index < -0.39 is 0 Å². The number of nitrogens with zero attached hydrogens (tertiary/aromatic N) is 3. The molecular formula is C26H15N3OPtS. The first-order valence-electron chi connectivity index (χ1n) is 9.85. The van der Waals surface area contributed by atoms with E-state index in [2.05, 4.69) is 47.6 Å². The zero-order valence-corrected chi connectivity index (χ0v) is 19.7. The molecule has 0 aliphatic carbocycles. The average molecular weight is 613 g/mol. The number of hydrogen-bond acceptors (Lipinski definition) is 4. The Morgan fingerprint density at radius 2 is 1.78 bits per heavy atom. The Balaban J connectivity index is 0.00000216. The third-order valence-electron chi connectivity index (χ3n) is 5.04. The van der Waals surface area contributed by atoms with Gasteiger partial charge in [0.25, 0.3) is 0 Å². The van der Waals surface area contributed by atoms with Gasteiger partial charge in [-0.2, -0.15) is 22.5 Å². The Labute approximate surface area is 203 Å². The molecule has 6 aromatic rings. The molecular weight excluding hydrogens is 597 g/mol. The topological polar surface area (TPSA) is 39.9 Å². The molecule has 3 aromatic carbocycles. The zero-order valence-electron chi connectivity index (χ0n) is 16.6. The molecule has 0 spiro atoms. The van der Waals surface area contributed by atoms with E-state index in [0.29, 0.717) is 11.6 Å². The Kier molecular flexibility index (Phi) is 5.60. The molecule has 3 heterocycles. The molecule has 0 unspecified atom stereocenters. The molecule has 0 saturated heterocycles. The maximum Gasteiger partial charge on any atom is 2.00 e. The molecule has 6 rings (SSSR count). The van der Waals surface area contributed by atoms with Gasteiger partial charge in [0.15, 0.2) is 0 Å². The van der Waals surface area contributed by atoms with Gasteiger partial charge >= 0.3 is 21.1 Å². The summed E-state index contributed by atoms with van der Waals surface area (Å²) >= 11 is 1.77. The fourth-order valence-electron chi connectivity index (χ4n) is 3.64. The smallest absolute Gasteiger partial charge is 0.466 e. The van der Waals surface area contributed by atoms with Crippen molar-refractivity contribution >= 4 is 31.5 Å². The van der Waals surface area contributed by atoms with Crippen LogP contribution in [0.25, 0.3) is 37.1 Å². The van der Waals surface area contributed by atoms with Crippen molar-refractivity contribution in [3.8, 4) is 28.6 Å². The molecule has 0 atom stereocenters. The molecule has 0 fully saturated rings. The van der Waals surface area contributed by atoms with Crippen LogP contribution in [0.3, 0.4) is 0 Å². The van der Waals surface area contributed by atoms with Crippen LogP contribution in [0.15, 0.2) is 91.3 Å². The van der Waals surface area contributed by atoms with Crippen LogP contribution in [0.1, 0.15) is 0 Å². The number of rotatable bonds is 4. The van der Waals surface area contributed by atoms with Gasteiger partial charge in [-0.25, -0.2) is 0 Å². The number of aromatic nitrogens is 3. The van der Waals surface area contributed by atoms with Gasteiger partial charge in [-0.1, -0.05) is 35.7 Å². The predicted molar refractivity (Wildman–Crippen MR) is 124 cm³/mol. The Bertz CT molecular complexity index is 1530. The minimum absolute atomic E-state index is 0. The number of pyridine rings is 1. The molecule has 6 heteroatoms. The van der Waals surface area contributed by atoms with Crippen molar-refractivity contribution in [3.63, 3.8) is 0 Å². The van der Waals surface area contributed by atoms with Crippen molar-refractivity contribution in [2.45, 2.75) is 0 Å². The minimum atomic E-state index is 0. The summed E-state index contributed by atoms with van der Waals surface area (Å²) in [7, 11) is 0. The largest absolute Gasteiger partial charge is 2.00 e. The summed E-state index contributed by atoms with van der Waals surface area (Å²) in [6.07, 6.45) is 3.60. The number of fused-ring (bicyclic) bond motifs is 3. The van der Waals surface area contributed by atoms with Crippen molar-refractivity contribution < 1.29 is 25.8 Å². The molecule has 3 aromatic heterocycles. The van der Waals surface area contributed by atoms with Crippen LogP contribution >= 0.6 is 11.3 Å². The van der Waals surface area contributed by atoms with Gasteiger partial charge in [0.05, 0.1) is 0 Å². The van der Waals surface area contributed by atoms with Crippen LogP contribution in [0.4, 0.5) is 0 Å². The summed E-state index contributed by atoms with van der Waals surface area (Å²) in [4.78, 5) is 4.76. The van der Waals surface area contributed by atoms with Gasteiger partial charge in [-0.3, -0.25) is 9.67 Å². The maximum absolute atomic E-state index is 6.03. The maximum atomic E-state index is 6.03. The Morgan fingerprint density at radius 3 is 2.69 bits per heavy atom. The van der Waals surface area contributed by atoms with Gasteiger partial charge in [-0.05, 0) is 39.7 Å². The Hall–Kier alpha value is -3.27. The quantitative estimate of drug-likeness (QED) is 0.208. The van der Waals surface area contributed by atoms with E-state index in [1.54, 1.807) is 22.2 Å². The number of benzene rings is 3. The molecule has 0 bridgehead atoms. The van der Waals surface area contributed by atoms with Crippen LogP contribution < -0.4 is 4.74 Å². The standard InChI is InChI=1S/C26H15N3OS.Pt/c1-2-13-24-20(9-1)21-10-4-11-22(26(21)31-24)23-12-5-14-25(28-23)30-19-8-3-7-18(17-19)29-16-6-15-27-29;/h1-10,12-16H;/q-2;+2. The number of ether oxygens (including phenoxy) is 1. The van der Waals surface area contributed by atoms with Gasteiger partial charge in [0.1, 0.15) is 0 Å². The van der Waals surface area contributed by atoms with E-state index in [0.717, 1.165) is 16.9 Å². The third kappa shape index (κ3) is 3.75. The van der Waals surface area contributed by atoms with E-state index in [4.69, 9.17) is 9.72 Å². The van der Waals surface area contributed by atoms with Crippen molar-refractivity contribution in [1.82, 2.24) is 14.8 Å². The van der Waals surface area contributed by atoms with Gasteiger partial charge < -0.3 is 4.74 Å². The van der Waals surface area contributed by atoms with Crippen LogP contribution in [-0.4, -0.2) is 14.8 Å². The summed E-state index contributed by atoms with van der Waals surface area (Å²) in [6, 6.07) is 32.5. The molecule has 0 aliphatic rings. The van der Waals surface area contributed by atoms with Crippen molar-refractivity contribution in [1.29, 1.82) is 0 Å². The second-order valence-corrected chi connectivity index (χ2v) is 8.06. The van der Waals surface area contributed by atoms with E-state index in [1.807, 2.05) is 54.7 Å². The predicted octanol–water partition coefficient (Wildman–Crippen LogP) is 6.69. The fraction of sp³-hybridized carbons (Fsp3) is 0. The first-order valence-corrected chi connectivity index (χ1v) is 10.7. The van der Waals surface area contributed by atoms with E-state index in [9.17, 15) is 0 Å². The molecule has 0 saturated carbocycles. The molecule has 0 N–H and O–H groups in total. The van der Waals surface area contributed by atoms with Crippen LogP contribution in [-0.2, 0) is 21.1 Å². The summed E-state index contributed by atoms with van der Waals surface area (Å²) in [5.41, 5.74) is 2.62. The summed E-state index contributed by atoms with van der Waals surface area (Å²) in [5.74, 6) is 1.10. The van der Waals surface area contributed by atoms with Crippen LogP contribution in [0.5, 0.6) is 11.6 Å². The van der Waals surface area contributed by atoms with Crippen molar-refractivity contribution in [2.24, 2.45) is 0 Å². The first kappa shape index (κ1) is 20.6. The monoisotopic (exact) mass is 612 g/mol. The molecule has 156 valence electrons. The normalized spacial score (nSPS) is 10.9. The third-order valence-corrected chi connectivity index (χ3v) is 6.24. The minimum Gasteiger partial charge on any atom is -0.466 e. The van der Waals surface area contributed by atoms with Crippen LogP contribution in [0, 0.1) is 12.1 Å². The van der Waals surface area contributed by atoms with E-state index in [-0.39, 0.29) is 21.1 Å². The van der Waals surface area contributed by atoms with Gasteiger partial charge in [-0.15, -0.1) is 42.0 Å². The molecule has 0 amide bonds. The van der Waals surface area contributed by atoms with E-state index in [1.165, 1.54) is 20.2 Å². The SMILES string of the molecule is [Pt+2].[c-]1c(Oc2cccc(-c3[c-]ccc4c3sc3ccccc34)n2)cccc1-n1cccn1. The summed E-state index contributed by atoms with van der Waals surface area (Å²) in [5, 5.41) is 6.73. The number of hydrogen-bond donors (Lipinski definition) is 0. The van der Waals surface area contributed by atoms with Gasteiger partial charge in [0.2, 0.25) is 5.88 Å². The zero-order chi connectivity index (χ0) is 20.6. The Morgan fingerprint density at radius 1 is 0.875 bits per heavy atom. The van der Waals surface area contributed by atoms with Crippen molar-refractivity contribution in [2.75, 3.05) is 0 Å². The summed E-state index contributed by atoms with van der Waals surface area (Å²) < 4.78 is 10.2. The van der Waals surface area contributed by atoms with Crippen LogP contribution in [0.2, 0.25) is 0 Å². The second-order valence-electron chi connectivity index (χ2n) is 7.01.